The van der Waals surface area contributed by atoms with Crippen molar-refractivity contribution >= 4 is 22.9 Å². The van der Waals surface area contributed by atoms with Crippen molar-refractivity contribution in [3.8, 4) is 0 Å². The Balaban J connectivity index is 1.31. The second kappa shape index (κ2) is 10.1. The molecular formula is C28H29FN4O. The molecule has 1 saturated heterocycles. The first-order valence-corrected chi connectivity index (χ1v) is 11.9. The molecule has 4 aromatic rings. The number of piperidine rings is 1. The van der Waals surface area contributed by atoms with Gasteiger partial charge in [0.05, 0.1) is 17.0 Å². The molecule has 1 aromatic heterocycles. The Morgan fingerprint density at radius 2 is 1.74 bits per heavy atom. The second-order valence-electron chi connectivity index (χ2n) is 8.92. The van der Waals surface area contributed by atoms with E-state index in [9.17, 15) is 9.18 Å². The third-order valence-corrected chi connectivity index (χ3v) is 6.56. The highest BCUT2D eigenvalue weighted by atomic mass is 19.1. The van der Waals surface area contributed by atoms with E-state index in [-0.39, 0.29) is 17.6 Å². The minimum Gasteiger partial charge on any atom is -0.352 e. The third kappa shape index (κ3) is 4.96. The minimum atomic E-state index is -0.270. The average Bonchev–Trinajstić information content (AvgIpc) is 3.26. The fourth-order valence-electron chi connectivity index (χ4n) is 4.72. The predicted molar refractivity (Wildman–Crippen MR) is 133 cm³/mol. The lowest BCUT2D eigenvalue weighted by Gasteiger charge is -2.33. The fraction of sp³-hybridized carbons (Fsp3) is 0.286. The van der Waals surface area contributed by atoms with Gasteiger partial charge in [-0.3, -0.25) is 4.79 Å². The van der Waals surface area contributed by atoms with Crippen molar-refractivity contribution in [3.05, 3.63) is 95.8 Å². The van der Waals surface area contributed by atoms with E-state index in [4.69, 9.17) is 4.98 Å². The molecular weight excluding hydrogens is 427 g/mol. The van der Waals surface area contributed by atoms with Gasteiger partial charge in [0.25, 0.3) is 0 Å². The molecule has 34 heavy (non-hydrogen) atoms. The summed E-state index contributed by atoms with van der Waals surface area (Å²) in [4.78, 5) is 20.2. The molecule has 0 spiro atoms. The Hall–Kier alpha value is -3.67. The molecule has 1 atom stereocenters. The molecule has 1 amide bonds. The van der Waals surface area contributed by atoms with Crippen LogP contribution in [0, 0.1) is 11.7 Å². The molecule has 3 aromatic carbocycles. The van der Waals surface area contributed by atoms with Gasteiger partial charge >= 0.3 is 0 Å². The number of halogens is 1. The lowest BCUT2D eigenvalue weighted by molar-refractivity contribution is -0.125. The number of para-hydroxylation sites is 2. The third-order valence-electron chi connectivity index (χ3n) is 6.56. The number of amides is 1. The number of nitrogens with one attached hydrogen (secondary N) is 1. The monoisotopic (exact) mass is 456 g/mol. The molecule has 1 fully saturated rings. The van der Waals surface area contributed by atoms with Crippen LogP contribution in [0.5, 0.6) is 0 Å². The number of aryl methyl sites for hydroxylation is 2. The zero-order chi connectivity index (χ0) is 23.3. The van der Waals surface area contributed by atoms with Crippen molar-refractivity contribution in [2.45, 2.75) is 32.4 Å². The number of fused-ring (bicyclic) bond motifs is 1. The molecule has 2 heterocycles. The quantitative estimate of drug-likeness (QED) is 0.428. The molecule has 174 valence electrons. The van der Waals surface area contributed by atoms with E-state index in [0.717, 1.165) is 54.9 Å². The molecule has 5 nitrogen and oxygen atoms in total. The highest BCUT2D eigenvalue weighted by Gasteiger charge is 2.28. The first-order valence-electron chi connectivity index (χ1n) is 11.9. The van der Waals surface area contributed by atoms with Gasteiger partial charge in [-0.2, -0.15) is 0 Å². The van der Waals surface area contributed by atoms with E-state index in [1.807, 2.05) is 12.1 Å². The van der Waals surface area contributed by atoms with Crippen LogP contribution in [0.2, 0.25) is 0 Å². The standard InChI is InChI=1S/C28H29FN4O/c29-24-14-12-22(13-15-24)19-30-27(34)23-9-6-17-32(20-23)28-31-25-10-4-5-11-26(25)33(28)18-16-21-7-2-1-3-8-21/h1-5,7-8,10-15,23H,6,9,16-20H2,(H,30,34)/t23-/m0/s1. The second-order valence-corrected chi connectivity index (χ2v) is 8.92. The van der Waals surface area contributed by atoms with Gasteiger partial charge in [0.15, 0.2) is 0 Å². The van der Waals surface area contributed by atoms with Crippen LogP contribution in [0.25, 0.3) is 11.0 Å². The van der Waals surface area contributed by atoms with Crippen molar-refractivity contribution in [1.82, 2.24) is 14.9 Å². The fourth-order valence-corrected chi connectivity index (χ4v) is 4.72. The normalized spacial score (nSPS) is 16.0. The maximum Gasteiger partial charge on any atom is 0.225 e. The van der Waals surface area contributed by atoms with E-state index in [1.54, 1.807) is 12.1 Å². The number of anilines is 1. The highest BCUT2D eigenvalue weighted by Crippen LogP contribution is 2.27. The summed E-state index contributed by atoms with van der Waals surface area (Å²) in [6.07, 6.45) is 2.72. The van der Waals surface area contributed by atoms with Crippen molar-refractivity contribution < 1.29 is 9.18 Å². The number of aromatic nitrogens is 2. The molecule has 6 heteroatoms. The maximum atomic E-state index is 13.1. The number of rotatable bonds is 7. The SMILES string of the molecule is O=C(NCc1ccc(F)cc1)[C@H]1CCCN(c2nc3ccccc3n2CCc2ccccc2)C1. The summed E-state index contributed by atoms with van der Waals surface area (Å²) < 4.78 is 15.4. The molecule has 0 saturated carbocycles. The zero-order valence-corrected chi connectivity index (χ0v) is 19.2. The van der Waals surface area contributed by atoms with Crippen LogP contribution in [-0.4, -0.2) is 28.5 Å². The van der Waals surface area contributed by atoms with Crippen LogP contribution in [0.1, 0.15) is 24.0 Å². The summed E-state index contributed by atoms with van der Waals surface area (Å²) in [5.41, 5.74) is 4.29. The molecule has 0 aliphatic carbocycles. The summed E-state index contributed by atoms with van der Waals surface area (Å²) in [5.74, 6) is 0.610. The van der Waals surface area contributed by atoms with E-state index in [0.29, 0.717) is 13.1 Å². The van der Waals surface area contributed by atoms with Crippen molar-refractivity contribution in [2.75, 3.05) is 18.0 Å². The van der Waals surface area contributed by atoms with Crippen LogP contribution in [0.15, 0.2) is 78.9 Å². The van der Waals surface area contributed by atoms with Gasteiger partial charge in [-0.25, -0.2) is 9.37 Å². The number of carbonyl (C=O) groups is 1. The summed E-state index contributed by atoms with van der Waals surface area (Å²) in [6, 6.07) is 25.0. The largest absolute Gasteiger partial charge is 0.352 e. The van der Waals surface area contributed by atoms with Gasteiger partial charge in [0.1, 0.15) is 5.82 Å². The molecule has 1 N–H and O–H groups in total. The van der Waals surface area contributed by atoms with Crippen LogP contribution in [0.4, 0.5) is 10.3 Å². The lowest BCUT2D eigenvalue weighted by atomic mass is 9.97. The van der Waals surface area contributed by atoms with Gasteiger partial charge < -0.3 is 14.8 Å². The van der Waals surface area contributed by atoms with Crippen molar-refractivity contribution in [2.24, 2.45) is 5.92 Å². The number of nitrogens with zero attached hydrogens (tertiary/aromatic N) is 3. The molecule has 0 bridgehead atoms. The van der Waals surface area contributed by atoms with Gasteiger partial charge in [-0.1, -0.05) is 54.6 Å². The molecule has 1 aliphatic rings. The Morgan fingerprint density at radius 3 is 2.56 bits per heavy atom. The minimum absolute atomic E-state index is 0.0426. The Kier molecular flexibility index (Phi) is 6.56. The molecule has 0 radical (unpaired) electrons. The number of imidazole rings is 1. The van der Waals surface area contributed by atoms with Crippen molar-refractivity contribution in [1.29, 1.82) is 0 Å². The van der Waals surface area contributed by atoms with Gasteiger partial charge in [-0.15, -0.1) is 0 Å². The molecule has 1 aliphatic heterocycles. The van der Waals surface area contributed by atoms with E-state index in [2.05, 4.69) is 57.2 Å². The Labute approximate surface area is 199 Å². The van der Waals surface area contributed by atoms with Gasteiger partial charge in [0.2, 0.25) is 11.9 Å². The Bertz CT molecular complexity index is 1250. The summed E-state index contributed by atoms with van der Waals surface area (Å²) in [6.45, 7) is 2.77. The number of hydrogen-bond acceptors (Lipinski definition) is 3. The zero-order valence-electron chi connectivity index (χ0n) is 19.2. The average molecular weight is 457 g/mol. The number of carbonyl (C=O) groups excluding carboxylic acids is 1. The summed E-state index contributed by atoms with van der Waals surface area (Å²) >= 11 is 0. The highest BCUT2D eigenvalue weighted by molar-refractivity contribution is 5.81. The van der Waals surface area contributed by atoms with Crippen LogP contribution in [-0.2, 0) is 24.3 Å². The van der Waals surface area contributed by atoms with E-state index >= 15 is 0 Å². The van der Waals surface area contributed by atoms with Crippen LogP contribution in [0.3, 0.4) is 0 Å². The smallest absolute Gasteiger partial charge is 0.225 e. The molecule has 5 rings (SSSR count). The van der Waals surface area contributed by atoms with Gasteiger partial charge in [-0.05, 0) is 54.7 Å². The van der Waals surface area contributed by atoms with Crippen LogP contribution < -0.4 is 10.2 Å². The predicted octanol–water partition coefficient (Wildman–Crippen LogP) is 4.95. The first-order chi connectivity index (χ1) is 16.7. The van der Waals surface area contributed by atoms with Gasteiger partial charge in [0, 0.05) is 26.2 Å². The summed E-state index contributed by atoms with van der Waals surface area (Å²) in [7, 11) is 0. The topological polar surface area (TPSA) is 50.2 Å². The van der Waals surface area contributed by atoms with Crippen LogP contribution >= 0.6 is 0 Å². The Morgan fingerprint density at radius 1 is 0.971 bits per heavy atom. The number of hydrogen-bond donors (Lipinski definition) is 1. The molecule has 0 unspecified atom stereocenters. The number of benzene rings is 3. The van der Waals surface area contributed by atoms with E-state index in [1.165, 1.54) is 17.7 Å². The van der Waals surface area contributed by atoms with E-state index < -0.39 is 0 Å². The first kappa shape index (κ1) is 22.1. The summed E-state index contributed by atoms with van der Waals surface area (Å²) in [5, 5.41) is 3.03. The maximum absolute atomic E-state index is 13.1. The lowest BCUT2D eigenvalue weighted by Crippen LogP contribution is -2.43. The van der Waals surface area contributed by atoms with Crippen molar-refractivity contribution in [3.63, 3.8) is 0 Å².